The number of amides is 1. The van der Waals surface area contributed by atoms with Crippen LogP contribution in [0.2, 0.25) is 0 Å². The van der Waals surface area contributed by atoms with Gasteiger partial charge in [-0.3, -0.25) is 19.8 Å². The molecule has 7 nitrogen and oxygen atoms in total. The van der Waals surface area contributed by atoms with E-state index in [9.17, 15) is 19.3 Å². The van der Waals surface area contributed by atoms with Gasteiger partial charge in [0, 0.05) is 24.4 Å². The maximum atomic E-state index is 13.5. The summed E-state index contributed by atoms with van der Waals surface area (Å²) >= 11 is 0. The summed E-state index contributed by atoms with van der Waals surface area (Å²) in [5, 5.41) is 13.3. The number of nitro groups is 1. The van der Waals surface area contributed by atoms with Gasteiger partial charge in [0.15, 0.2) is 11.6 Å². The maximum absolute atomic E-state index is 13.5. The average molecular weight is 361 g/mol. The molecule has 0 aromatic heterocycles. The minimum absolute atomic E-state index is 0.0431. The molecule has 0 spiro atoms. The lowest BCUT2D eigenvalue weighted by atomic mass is 10.2. The number of rotatable bonds is 8. The van der Waals surface area contributed by atoms with Crippen LogP contribution in [0, 0.1) is 15.9 Å². The zero-order chi connectivity index (χ0) is 19.1. The molecule has 0 aliphatic rings. The maximum Gasteiger partial charge on any atom is 0.269 e. The smallest absolute Gasteiger partial charge is 0.269 e. The Morgan fingerprint density at radius 1 is 1.27 bits per heavy atom. The van der Waals surface area contributed by atoms with Crippen LogP contribution in [0.25, 0.3) is 0 Å². The number of hydrogen-bond donors (Lipinski definition) is 1. The highest BCUT2D eigenvalue weighted by Gasteiger charge is 2.18. The molecule has 0 aliphatic carbocycles. The third-order valence-electron chi connectivity index (χ3n) is 3.92. The monoisotopic (exact) mass is 361 g/mol. The van der Waals surface area contributed by atoms with Crippen molar-refractivity contribution in [2.24, 2.45) is 0 Å². The standard InChI is InChI=1S/C18H20FN3O4/c1-13(18(23)20-14-7-9-15(10-8-14)22(24)25)21(2)11-12-26-17-6-4-3-5-16(17)19/h3-10,13H,11-12H2,1-2H3,(H,20,23)/t13-/m0/s1. The lowest BCUT2D eigenvalue weighted by Gasteiger charge is -2.23. The molecule has 26 heavy (non-hydrogen) atoms. The molecule has 0 radical (unpaired) electrons. The van der Waals surface area contributed by atoms with Gasteiger partial charge in [-0.1, -0.05) is 12.1 Å². The second kappa shape index (κ2) is 8.91. The summed E-state index contributed by atoms with van der Waals surface area (Å²) in [5.74, 6) is -0.518. The van der Waals surface area contributed by atoms with Crippen LogP contribution in [-0.4, -0.2) is 42.0 Å². The van der Waals surface area contributed by atoms with E-state index >= 15 is 0 Å². The van der Waals surface area contributed by atoms with Crippen LogP contribution in [0.3, 0.4) is 0 Å². The summed E-state index contributed by atoms with van der Waals surface area (Å²) in [4.78, 5) is 24.2. The molecule has 1 N–H and O–H groups in total. The van der Waals surface area contributed by atoms with Gasteiger partial charge in [0.25, 0.3) is 5.69 Å². The Morgan fingerprint density at radius 2 is 1.92 bits per heavy atom. The Labute approximate surface area is 150 Å². The fourth-order valence-corrected chi connectivity index (χ4v) is 2.17. The van der Waals surface area contributed by atoms with E-state index in [-0.39, 0.29) is 24.0 Å². The Bertz CT molecular complexity index is 767. The molecule has 0 fully saturated rings. The number of ether oxygens (including phenoxy) is 1. The number of nitrogens with zero attached hydrogens (tertiary/aromatic N) is 2. The first kappa shape index (κ1) is 19.3. The first-order chi connectivity index (χ1) is 12.4. The van der Waals surface area contributed by atoms with Gasteiger partial charge in [-0.05, 0) is 38.2 Å². The van der Waals surface area contributed by atoms with Gasteiger partial charge < -0.3 is 10.1 Å². The molecule has 2 rings (SSSR count). The van der Waals surface area contributed by atoms with Crippen LogP contribution in [0.15, 0.2) is 48.5 Å². The molecule has 138 valence electrons. The number of nitrogens with one attached hydrogen (secondary N) is 1. The summed E-state index contributed by atoms with van der Waals surface area (Å²) in [6, 6.07) is 11.3. The van der Waals surface area contributed by atoms with Crippen molar-refractivity contribution >= 4 is 17.3 Å². The van der Waals surface area contributed by atoms with Crippen LogP contribution in [0.5, 0.6) is 5.75 Å². The Hall–Kier alpha value is -3.00. The van der Waals surface area contributed by atoms with Gasteiger partial charge in [-0.15, -0.1) is 0 Å². The number of hydrogen-bond acceptors (Lipinski definition) is 5. The third-order valence-corrected chi connectivity index (χ3v) is 3.92. The molecule has 2 aromatic rings. The van der Waals surface area contributed by atoms with Crippen molar-refractivity contribution in [1.82, 2.24) is 4.90 Å². The molecule has 2 aromatic carbocycles. The van der Waals surface area contributed by atoms with Crippen molar-refractivity contribution in [3.8, 4) is 5.75 Å². The number of nitro benzene ring substituents is 1. The zero-order valence-corrected chi connectivity index (χ0v) is 14.5. The average Bonchev–Trinajstić information content (AvgIpc) is 2.63. The zero-order valence-electron chi connectivity index (χ0n) is 14.5. The van der Waals surface area contributed by atoms with E-state index in [2.05, 4.69) is 5.32 Å². The molecule has 0 heterocycles. The highest BCUT2D eigenvalue weighted by Crippen LogP contribution is 2.17. The highest BCUT2D eigenvalue weighted by molar-refractivity contribution is 5.94. The molecule has 0 saturated heterocycles. The van der Waals surface area contributed by atoms with E-state index in [1.807, 2.05) is 0 Å². The number of likely N-dealkylation sites (N-methyl/N-ethyl adjacent to an activating group) is 1. The summed E-state index contributed by atoms with van der Waals surface area (Å²) in [6.45, 7) is 2.37. The quantitative estimate of drug-likeness (QED) is 0.577. The predicted molar refractivity (Wildman–Crippen MR) is 95.7 cm³/mol. The SMILES string of the molecule is C[C@@H](C(=O)Nc1ccc([N+](=O)[O-])cc1)N(C)CCOc1ccccc1F. The Balaban J connectivity index is 1.82. The Morgan fingerprint density at radius 3 is 2.54 bits per heavy atom. The van der Waals surface area contributed by atoms with E-state index in [1.165, 1.54) is 30.3 Å². The van der Waals surface area contributed by atoms with Crippen molar-refractivity contribution in [3.05, 3.63) is 64.5 Å². The number of para-hydroxylation sites is 1. The molecule has 1 amide bonds. The fraction of sp³-hybridized carbons (Fsp3) is 0.278. The predicted octanol–water partition coefficient (Wildman–Crippen LogP) is 3.07. The van der Waals surface area contributed by atoms with Crippen LogP contribution >= 0.6 is 0 Å². The van der Waals surface area contributed by atoms with Gasteiger partial charge in [-0.25, -0.2) is 4.39 Å². The molecule has 0 aliphatic heterocycles. The number of halogens is 1. The lowest BCUT2D eigenvalue weighted by molar-refractivity contribution is -0.384. The van der Waals surface area contributed by atoms with Crippen molar-refractivity contribution in [3.63, 3.8) is 0 Å². The Kier molecular flexibility index (Phi) is 6.62. The van der Waals surface area contributed by atoms with Crippen LogP contribution in [0.4, 0.5) is 15.8 Å². The normalized spacial score (nSPS) is 11.8. The summed E-state index contributed by atoms with van der Waals surface area (Å²) in [7, 11) is 1.75. The third kappa shape index (κ3) is 5.25. The van der Waals surface area contributed by atoms with Crippen LogP contribution in [0.1, 0.15) is 6.92 Å². The van der Waals surface area contributed by atoms with Gasteiger partial charge in [-0.2, -0.15) is 0 Å². The van der Waals surface area contributed by atoms with E-state index in [1.54, 1.807) is 37.1 Å². The highest BCUT2D eigenvalue weighted by atomic mass is 19.1. The minimum atomic E-state index is -0.502. The van der Waals surface area contributed by atoms with E-state index in [0.717, 1.165) is 0 Å². The van der Waals surface area contributed by atoms with E-state index in [0.29, 0.717) is 12.2 Å². The van der Waals surface area contributed by atoms with Gasteiger partial charge in [0.05, 0.1) is 11.0 Å². The first-order valence-corrected chi connectivity index (χ1v) is 8.01. The molecule has 8 heteroatoms. The number of anilines is 1. The van der Waals surface area contributed by atoms with Crippen molar-refractivity contribution in [2.45, 2.75) is 13.0 Å². The summed E-state index contributed by atoms with van der Waals surface area (Å²) in [5.41, 5.74) is 0.432. The van der Waals surface area contributed by atoms with E-state index < -0.39 is 16.8 Å². The van der Waals surface area contributed by atoms with Gasteiger partial charge in [0.2, 0.25) is 5.91 Å². The second-order valence-corrected chi connectivity index (χ2v) is 5.73. The molecule has 0 bridgehead atoms. The number of non-ortho nitro benzene ring substituents is 1. The number of benzene rings is 2. The van der Waals surface area contributed by atoms with Crippen LogP contribution in [-0.2, 0) is 4.79 Å². The largest absolute Gasteiger partial charge is 0.489 e. The first-order valence-electron chi connectivity index (χ1n) is 8.01. The summed E-state index contributed by atoms with van der Waals surface area (Å²) < 4.78 is 18.9. The van der Waals surface area contributed by atoms with Crippen molar-refractivity contribution < 1.29 is 18.8 Å². The van der Waals surface area contributed by atoms with Gasteiger partial charge in [0.1, 0.15) is 6.61 Å². The van der Waals surface area contributed by atoms with Crippen molar-refractivity contribution in [2.75, 3.05) is 25.5 Å². The number of carbonyl (C=O) groups excluding carboxylic acids is 1. The molecule has 0 unspecified atom stereocenters. The van der Waals surface area contributed by atoms with E-state index in [4.69, 9.17) is 4.74 Å². The minimum Gasteiger partial charge on any atom is -0.489 e. The number of carbonyl (C=O) groups is 1. The summed E-state index contributed by atoms with van der Waals surface area (Å²) in [6.07, 6.45) is 0. The molecular weight excluding hydrogens is 341 g/mol. The van der Waals surface area contributed by atoms with Crippen molar-refractivity contribution in [1.29, 1.82) is 0 Å². The second-order valence-electron chi connectivity index (χ2n) is 5.73. The molecule has 1 atom stereocenters. The molecular formula is C18H20FN3O4. The van der Waals surface area contributed by atoms with Gasteiger partial charge >= 0.3 is 0 Å². The fourth-order valence-electron chi connectivity index (χ4n) is 2.17. The molecule has 0 saturated carbocycles. The lowest BCUT2D eigenvalue weighted by Crippen LogP contribution is -2.41. The topological polar surface area (TPSA) is 84.7 Å². The van der Waals surface area contributed by atoms with Crippen LogP contribution < -0.4 is 10.1 Å².